The molecule has 1 aromatic carbocycles. The Balaban J connectivity index is 2.37. The molecule has 0 aliphatic rings. The van der Waals surface area contributed by atoms with E-state index in [0.717, 1.165) is 16.6 Å². The second-order valence-electron chi connectivity index (χ2n) is 5.80. The van der Waals surface area contributed by atoms with E-state index in [9.17, 15) is 4.79 Å². The SMILES string of the molecule is CCOc1nn(C)c2ccc(NC(=O)C(C)(C)C)cc12. The van der Waals surface area contributed by atoms with E-state index in [1.807, 2.05) is 52.9 Å². The minimum Gasteiger partial charge on any atom is -0.476 e. The van der Waals surface area contributed by atoms with Crippen LogP contribution >= 0.6 is 0 Å². The van der Waals surface area contributed by atoms with Crippen molar-refractivity contribution in [3.05, 3.63) is 18.2 Å². The largest absolute Gasteiger partial charge is 0.476 e. The molecule has 0 unspecified atom stereocenters. The molecule has 0 saturated heterocycles. The highest BCUT2D eigenvalue weighted by molar-refractivity contribution is 5.97. The average molecular weight is 275 g/mol. The van der Waals surface area contributed by atoms with Crippen LogP contribution in [0.3, 0.4) is 0 Å². The Morgan fingerprint density at radius 1 is 1.40 bits per heavy atom. The number of rotatable bonds is 3. The van der Waals surface area contributed by atoms with Crippen LogP contribution in [0.4, 0.5) is 5.69 Å². The van der Waals surface area contributed by atoms with Crippen molar-refractivity contribution in [2.75, 3.05) is 11.9 Å². The molecule has 5 heteroatoms. The normalized spacial score (nSPS) is 11.7. The molecule has 1 N–H and O–H groups in total. The highest BCUT2D eigenvalue weighted by Crippen LogP contribution is 2.28. The van der Waals surface area contributed by atoms with Crippen molar-refractivity contribution in [3.8, 4) is 5.88 Å². The van der Waals surface area contributed by atoms with E-state index in [-0.39, 0.29) is 5.91 Å². The van der Waals surface area contributed by atoms with Crippen LogP contribution < -0.4 is 10.1 Å². The number of aromatic nitrogens is 2. The zero-order chi connectivity index (χ0) is 14.9. The first-order chi connectivity index (χ1) is 9.32. The van der Waals surface area contributed by atoms with E-state index in [2.05, 4.69) is 10.4 Å². The molecule has 2 aromatic rings. The van der Waals surface area contributed by atoms with Gasteiger partial charge in [0, 0.05) is 18.2 Å². The van der Waals surface area contributed by atoms with Gasteiger partial charge in [-0.15, -0.1) is 5.10 Å². The first kappa shape index (κ1) is 14.4. The molecule has 0 radical (unpaired) electrons. The quantitative estimate of drug-likeness (QED) is 0.937. The number of hydrogen-bond donors (Lipinski definition) is 1. The van der Waals surface area contributed by atoms with Gasteiger partial charge in [-0.1, -0.05) is 20.8 Å². The molecule has 108 valence electrons. The maximum atomic E-state index is 12.0. The van der Waals surface area contributed by atoms with Crippen molar-refractivity contribution in [3.63, 3.8) is 0 Å². The molecule has 0 atom stereocenters. The summed E-state index contributed by atoms with van der Waals surface area (Å²) < 4.78 is 7.30. The van der Waals surface area contributed by atoms with E-state index >= 15 is 0 Å². The van der Waals surface area contributed by atoms with Crippen LogP contribution in [-0.4, -0.2) is 22.3 Å². The third-order valence-electron chi connectivity index (χ3n) is 3.04. The lowest BCUT2D eigenvalue weighted by Crippen LogP contribution is -2.27. The second-order valence-corrected chi connectivity index (χ2v) is 5.80. The van der Waals surface area contributed by atoms with Gasteiger partial charge in [0.1, 0.15) is 0 Å². The molecule has 1 heterocycles. The number of amides is 1. The number of anilines is 1. The molecule has 0 aliphatic heterocycles. The lowest BCUT2D eigenvalue weighted by Gasteiger charge is -2.17. The van der Waals surface area contributed by atoms with Gasteiger partial charge in [0.15, 0.2) is 0 Å². The summed E-state index contributed by atoms with van der Waals surface area (Å²) in [6.07, 6.45) is 0. The van der Waals surface area contributed by atoms with Crippen LogP contribution in [0.5, 0.6) is 5.88 Å². The third kappa shape index (κ3) is 2.76. The van der Waals surface area contributed by atoms with Crippen molar-refractivity contribution in [1.29, 1.82) is 0 Å². The number of hydrogen-bond acceptors (Lipinski definition) is 3. The van der Waals surface area contributed by atoms with E-state index < -0.39 is 5.41 Å². The van der Waals surface area contributed by atoms with Crippen molar-refractivity contribution in [2.24, 2.45) is 12.5 Å². The average Bonchev–Trinajstić information content (AvgIpc) is 2.65. The van der Waals surface area contributed by atoms with Gasteiger partial charge in [-0.25, -0.2) is 0 Å². The molecule has 0 aliphatic carbocycles. The number of aryl methyl sites for hydroxylation is 1. The molecule has 0 bridgehead atoms. The van der Waals surface area contributed by atoms with Crippen molar-refractivity contribution >= 4 is 22.5 Å². The molecular formula is C15H21N3O2. The van der Waals surface area contributed by atoms with Crippen LogP contribution in [0.2, 0.25) is 0 Å². The van der Waals surface area contributed by atoms with Gasteiger partial charge < -0.3 is 10.1 Å². The number of nitrogens with zero attached hydrogens (tertiary/aromatic N) is 2. The summed E-state index contributed by atoms with van der Waals surface area (Å²) in [4.78, 5) is 12.0. The van der Waals surface area contributed by atoms with Gasteiger partial charge >= 0.3 is 0 Å². The smallest absolute Gasteiger partial charge is 0.240 e. The third-order valence-corrected chi connectivity index (χ3v) is 3.04. The Hall–Kier alpha value is -2.04. The Morgan fingerprint density at radius 3 is 2.70 bits per heavy atom. The molecule has 0 saturated carbocycles. The van der Waals surface area contributed by atoms with Crippen LogP contribution in [0.15, 0.2) is 18.2 Å². The fourth-order valence-electron chi connectivity index (χ4n) is 1.87. The summed E-state index contributed by atoms with van der Waals surface area (Å²) in [5.41, 5.74) is 1.31. The molecule has 5 nitrogen and oxygen atoms in total. The Morgan fingerprint density at radius 2 is 2.10 bits per heavy atom. The summed E-state index contributed by atoms with van der Waals surface area (Å²) >= 11 is 0. The van der Waals surface area contributed by atoms with Crippen molar-refractivity contribution < 1.29 is 9.53 Å². The van der Waals surface area contributed by atoms with Crippen LogP contribution in [0, 0.1) is 5.41 Å². The summed E-state index contributed by atoms with van der Waals surface area (Å²) in [5, 5.41) is 8.16. The van der Waals surface area contributed by atoms with Crippen LogP contribution in [-0.2, 0) is 11.8 Å². The second kappa shape index (κ2) is 5.15. The van der Waals surface area contributed by atoms with Gasteiger partial charge in [0.2, 0.25) is 11.8 Å². The summed E-state index contributed by atoms with van der Waals surface area (Å²) in [6.45, 7) is 8.14. The minimum atomic E-state index is -0.424. The Bertz CT molecular complexity index is 638. The van der Waals surface area contributed by atoms with E-state index in [0.29, 0.717) is 12.5 Å². The maximum absolute atomic E-state index is 12.0. The lowest BCUT2D eigenvalue weighted by atomic mass is 9.95. The number of fused-ring (bicyclic) bond motifs is 1. The van der Waals surface area contributed by atoms with Crippen molar-refractivity contribution in [1.82, 2.24) is 9.78 Å². The Labute approximate surface area is 118 Å². The number of carbonyl (C=O) groups is 1. The zero-order valence-corrected chi connectivity index (χ0v) is 12.7. The predicted octanol–water partition coefficient (Wildman–Crippen LogP) is 2.96. The van der Waals surface area contributed by atoms with Crippen LogP contribution in [0.25, 0.3) is 10.9 Å². The van der Waals surface area contributed by atoms with Gasteiger partial charge in [-0.3, -0.25) is 9.48 Å². The summed E-state index contributed by atoms with van der Waals surface area (Å²) in [7, 11) is 1.87. The van der Waals surface area contributed by atoms with Gasteiger partial charge in [-0.2, -0.15) is 0 Å². The fraction of sp³-hybridized carbons (Fsp3) is 0.467. The lowest BCUT2D eigenvalue weighted by molar-refractivity contribution is -0.123. The molecule has 0 fully saturated rings. The van der Waals surface area contributed by atoms with E-state index in [1.54, 1.807) is 4.68 Å². The van der Waals surface area contributed by atoms with Crippen LogP contribution in [0.1, 0.15) is 27.7 Å². The first-order valence-corrected chi connectivity index (χ1v) is 6.74. The summed E-state index contributed by atoms with van der Waals surface area (Å²) in [6, 6.07) is 5.71. The number of carbonyl (C=O) groups excluding carboxylic acids is 1. The highest BCUT2D eigenvalue weighted by Gasteiger charge is 2.21. The molecule has 0 spiro atoms. The van der Waals surface area contributed by atoms with Gasteiger partial charge in [-0.05, 0) is 25.1 Å². The molecule has 1 aromatic heterocycles. The minimum absolute atomic E-state index is 0.0151. The predicted molar refractivity (Wildman–Crippen MR) is 80.0 cm³/mol. The topological polar surface area (TPSA) is 56.1 Å². The number of benzene rings is 1. The first-order valence-electron chi connectivity index (χ1n) is 6.74. The molecule has 1 amide bonds. The van der Waals surface area contributed by atoms with Gasteiger partial charge in [0.25, 0.3) is 0 Å². The zero-order valence-electron chi connectivity index (χ0n) is 12.7. The standard InChI is InChI=1S/C15H21N3O2/c1-6-20-13-11-9-10(16-14(19)15(2,3)4)7-8-12(11)18(5)17-13/h7-9H,6H2,1-5H3,(H,16,19). The van der Waals surface area contributed by atoms with Crippen molar-refractivity contribution in [2.45, 2.75) is 27.7 Å². The highest BCUT2D eigenvalue weighted by atomic mass is 16.5. The fourth-order valence-corrected chi connectivity index (χ4v) is 1.87. The molecule has 2 rings (SSSR count). The maximum Gasteiger partial charge on any atom is 0.240 e. The van der Waals surface area contributed by atoms with E-state index in [4.69, 9.17) is 4.74 Å². The monoisotopic (exact) mass is 275 g/mol. The number of nitrogens with one attached hydrogen (secondary N) is 1. The molecule has 20 heavy (non-hydrogen) atoms. The molecular weight excluding hydrogens is 254 g/mol. The van der Waals surface area contributed by atoms with E-state index in [1.165, 1.54) is 0 Å². The van der Waals surface area contributed by atoms with Gasteiger partial charge in [0.05, 0.1) is 17.5 Å². The summed E-state index contributed by atoms with van der Waals surface area (Å²) in [5.74, 6) is 0.579. The Kier molecular flexibility index (Phi) is 3.70. The number of ether oxygens (including phenoxy) is 1.